The lowest BCUT2D eigenvalue weighted by atomic mass is 10.2. The van der Waals surface area contributed by atoms with E-state index in [2.05, 4.69) is 15.0 Å². The SMILES string of the molecule is Cl.O=S(=O)(NCC(N1CCNCC1)C(F)(F)F)c1ccc2ncsc2c1. The standard InChI is InChI=1S/C14H17F3N4O2S2.ClH/c15-14(16,17)13(21-5-3-18-4-6-21)8-20-25(22,23)10-1-2-11-12(7-10)24-9-19-11;/h1-2,7,9,13,18,20H,3-6,8H2;1H. The number of rotatable bonds is 5. The second-order valence-electron chi connectivity index (χ2n) is 5.68. The molecule has 2 heterocycles. The molecule has 1 aromatic heterocycles. The van der Waals surface area contributed by atoms with Gasteiger partial charge in [-0.15, -0.1) is 23.7 Å². The number of nitrogens with one attached hydrogen (secondary N) is 2. The summed E-state index contributed by atoms with van der Waals surface area (Å²) in [5.41, 5.74) is 2.23. The van der Waals surface area contributed by atoms with E-state index in [1.807, 2.05) is 0 Å². The summed E-state index contributed by atoms with van der Waals surface area (Å²) in [5, 5.41) is 2.98. The van der Waals surface area contributed by atoms with Crippen LogP contribution in [-0.2, 0) is 10.0 Å². The maximum absolute atomic E-state index is 13.3. The lowest BCUT2D eigenvalue weighted by Gasteiger charge is -2.35. The molecule has 2 N–H and O–H groups in total. The van der Waals surface area contributed by atoms with Gasteiger partial charge in [-0.2, -0.15) is 13.2 Å². The number of hydrogen-bond acceptors (Lipinski definition) is 6. The normalized spacial score (nSPS) is 17.8. The van der Waals surface area contributed by atoms with Crippen LogP contribution in [0.5, 0.6) is 0 Å². The van der Waals surface area contributed by atoms with Crippen molar-refractivity contribution in [1.82, 2.24) is 19.9 Å². The van der Waals surface area contributed by atoms with Crippen LogP contribution in [0.1, 0.15) is 0 Å². The minimum Gasteiger partial charge on any atom is -0.314 e. The largest absolute Gasteiger partial charge is 0.405 e. The van der Waals surface area contributed by atoms with Gasteiger partial charge in [-0.25, -0.2) is 18.1 Å². The third kappa shape index (κ3) is 4.84. The third-order valence-corrected chi connectivity index (χ3v) is 6.26. The molecule has 2 aromatic rings. The minimum atomic E-state index is -4.51. The second-order valence-corrected chi connectivity index (χ2v) is 8.33. The van der Waals surface area contributed by atoms with Crippen molar-refractivity contribution in [2.75, 3.05) is 32.7 Å². The van der Waals surface area contributed by atoms with E-state index in [-0.39, 0.29) is 30.4 Å². The highest BCUT2D eigenvalue weighted by molar-refractivity contribution is 7.89. The van der Waals surface area contributed by atoms with Gasteiger partial charge in [0.2, 0.25) is 10.0 Å². The number of nitrogens with zero attached hydrogens (tertiary/aromatic N) is 2. The number of aromatic nitrogens is 1. The Morgan fingerprint density at radius 3 is 2.65 bits per heavy atom. The van der Waals surface area contributed by atoms with Crippen LogP contribution in [0.2, 0.25) is 0 Å². The summed E-state index contributed by atoms with van der Waals surface area (Å²) < 4.78 is 67.6. The number of piperazine rings is 1. The molecule has 1 fully saturated rings. The van der Waals surface area contributed by atoms with Crippen molar-refractivity contribution in [3.63, 3.8) is 0 Å². The maximum Gasteiger partial charge on any atom is 0.405 e. The van der Waals surface area contributed by atoms with Gasteiger partial charge < -0.3 is 5.32 Å². The van der Waals surface area contributed by atoms with Crippen molar-refractivity contribution in [2.45, 2.75) is 17.1 Å². The molecule has 12 heteroatoms. The Hall–Kier alpha value is -0.980. The summed E-state index contributed by atoms with van der Waals surface area (Å²) in [7, 11) is -4.04. The van der Waals surface area contributed by atoms with Gasteiger partial charge in [0.25, 0.3) is 0 Å². The fourth-order valence-electron chi connectivity index (χ4n) is 2.72. The molecule has 0 bridgehead atoms. The molecule has 0 radical (unpaired) electrons. The van der Waals surface area contributed by atoms with Gasteiger partial charge in [0.15, 0.2) is 0 Å². The van der Waals surface area contributed by atoms with E-state index in [1.165, 1.54) is 34.4 Å². The molecule has 1 saturated heterocycles. The summed E-state index contributed by atoms with van der Waals surface area (Å²) in [6, 6.07) is 2.45. The molecule has 0 amide bonds. The van der Waals surface area contributed by atoms with Crippen LogP contribution in [-0.4, -0.2) is 63.2 Å². The molecule has 0 spiro atoms. The fraction of sp³-hybridized carbons (Fsp3) is 0.500. The Bertz CT molecular complexity index is 838. The summed E-state index contributed by atoms with van der Waals surface area (Å²) in [4.78, 5) is 5.24. The zero-order chi connectivity index (χ0) is 18.1. The van der Waals surface area contributed by atoms with Gasteiger partial charge in [-0.1, -0.05) is 0 Å². The second kappa shape index (κ2) is 8.36. The first kappa shape index (κ1) is 21.3. The van der Waals surface area contributed by atoms with Crippen LogP contribution in [0.15, 0.2) is 28.6 Å². The molecule has 6 nitrogen and oxygen atoms in total. The van der Waals surface area contributed by atoms with Crippen molar-refractivity contribution < 1.29 is 21.6 Å². The summed E-state index contributed by atoms with van der Waals surface area (Å²) >= 11 is 1.27. The van der Waals surface area contributed by atoms with Crippen LogP contribution in [0.4, 0.5) is 13.2 Å². The van der Waals surface area contributed by atoms with E-state index in [4.69, 9.17) is 0 Å². The minimum absolute atomic E-state index is 0. The summed E-state index contributed by atoms with van der Waals surface area (Å²) in [5.74, 6) is 0. The first-order valence-corrected chi connectivity index (χ1v) is 9.98. The highest BCUT2D eigenvalue weighted by Gasteiger charge is 2.44. The van der Waals surface area contributed by atoms with E-state index in [1.54, 1.807) is 5.51 Å². The molecule has 1 aliphatic rings. The predicted octanol–water partition coefficient (Wildman–Crippen LogP) is 1.83. The fourth-order valence-corrected chi connectivity index (χ4v) is 4.58. The molecule has 0 aliphatic carbocycles. The smallest absolute Gasteiger partial charge is 0.314 e. The van der Waals surface area contributed by atoms with Crippen molar-refractivity contribution >= 4 is 44.0 Å². The molecule has 1 aliphatic heterocycles. The van der Waals surface area contributed by atoms with Crippen molar-refractivity contribution in [3.05, 3.63) is 23.7 Å². The lowest BCUT2D eigenvalue weighted by Crippen LogP contribution is -2.57. The van der Waals surface area contributed by atoms with Gasteiger partial charge in [-0.05, 0) is 18.2 Å². The van der Waals surface area contributed by atoms with Gasteiger partial charge >= 0.3 is 6.18 Å². The van der Waals surface area contributed by atoms with Crippen LogP contribution < -0.4 is 10.0 Å². The van der Waals surface area contributed by atoms with Crippen LogP contribution in [0.3, 0.4) is 0 Å². The van der Waals surface area contributed by atoms with Crippen molar-refractivity contribution in [3.8, 4) is 0 Å². The van der Waals surface area contributed by atoms with E-state index in [9.17, 15) is 21.6 Å². The number of thiazole rings is 1. The Labute approximate surface area is 159 Å². The van der Waals surface area contributed by atoms with Crippen molar-refractivity contribution in [2.24, 2.45) is 0 Å². The Balaban J connectivity index is 0.00000243. The molecule has 3 rings (SSSR count). The van der Waals surface area contributed by atoms with Crippen LogP contribution in [0, 0.1) is 0 Å². The molecule has 146 valence electrons. The number of halogens is 4. The van der Waals surface area contributed by atoms with E-state index in [0.29, 0.717) is 23.3 Å². The highest BCUT2D eigenvalue weighted by atomic mass is 35.5. The molecule has 1 aromatic carbocycles. The Morgan fingerprint density at radius 2 is 2.00 bits per heavy atom. The zero-order valence-electron chi connectivity index (χ0n) is 13.5. The number of alkyl halides is 3. The molecule has 1 unspecified atom stereocenters. The van der Waals surface area contributed by atoms with Gasteiger partial charge in [0.05, 0.1) is 20.6 Å². The van der Waals surface area contributed by atoms with E-state index < -0.39 is 28.8 Å². The lowest BCUT2D eigenvalue weighted by molar-refractivity contribution is -0.182. The average molecular weight is 431 g/mol. The Morgan fingerprint density at radius 1 is 1.31 bits per heavy atom. The summed E-state index contributed by atoms with van der Waals surface area (Å²) in [6.45, 7) is 0.618. The van der Waals surface area contributed by atoms with Crippen LogP contribution in [0.25, 0.3) is 10.2 Å². The van der Waals surface area contributed by atoms with Crippen molar-refractivity contribution in [1.29, 1.82) is 0 Å². The average Bonchev–Trinajstić information content (AvgIpc) is 3.02. The van der Waals surface area contributed by atoms with Gasteiger partial charge in [0, 0.05) is 32.7 Å². The molecular formula is C14H18ClF3N4O2S2. The highest BCUT2D eigenvalue weighted by Crippen LogP contribution is 2.26. The first-order valence-electron chi connectivity index (χ1n) is 7.62. The van der Waals surface area contributed by atoms with E-state index in [0.717, 1.165) is 0 Å². The molecule has 0 saturated carbocycles. The number of benzene rings is 1. The molecule has 1 atom stereocenters. The molecule has 26 heavy (non-hydrogen) atoms. The number of sulfonamides is 1. The third-order valence-electron chi connectivity index (χ3n) is 4.05. The molecular weight excluding hydrogens is 413 g/mol. The predicted molar refractivity (Wildman–Crippen MR) is 96.3 cm³/mol. The number of hydrogen-bond donors (Lipinski definition) is 2. The quantitative estimate of drug-likeness (QED) is 0.757. The monoisotopic (exact) mass is 430 g/mol. The van der Waals surface area contributed by atoms with Crippen LogP contribution >= 0.6 is 23.7 Å². The topological polar surface area (TPSA) is 74.3 Å². The Kier molecular flexibility index (Phi) is 6.86. The maximum atomic E-state index is 13.3. The van der Waals surface area contributed by atoms with Gasteiger partial charge in [0.1, 0.15) is 6.04 Å². The first-order chi connectivity index (χ1) is 11.8. The van der Waals surface area contributed by atoms with Gasteiger partial charge in [-0.3, -0.25) is 4.90 Å². The van der Waals surface area contributed by atoms with E-state index >= 15 is 0 Å². The number of fused-ring (bicyclic) bond motifs is 1. The zero-order valence-corrected chi connectivity index (χ0v) is 15.9. The summed E-state index contributed by atoms with van der Waals surface area (Å²) in [6.07, 6.45) is -4.51.